The lowest BCUT2D eigenvalue weighted by Crippen LogP contribution is -2.16. The van der Waals surface area contributed by atoms with Gasteiger partial charge in [0.2, 0.25) is 5.91 Å². The minimum absolute atomic E-state index is 0.0680. The summed E-state index contributed by atoms with van der Waals surface area (Å²) in [6.45, 7) is 1.92. The summed E-state index contributed by atoms with van der Waals surface area (Å²) in [4.78, 5) is 11.7. The summed E-state index contributed by atoms with van der Waals surface area (Å²) in [5, 5.41) is 2.76. The number of benzene rings is 1. The normalized spacial score (nSPS) is 11.9. The van der Waals surface area contributed by atoms with Crippen LogP contribution in [0.3, 0.4) is 0 Å². The predicted octanol–water partition coefficient (Wildman–Crippen LogP) is 2.03. The number of nitrogens with two attached hydrogens (primary N) is 1. The van der Waals surface area contributed by atoms with E-state index in [1.165, 1.54) is 0 Å². The van der Waals surface area contributed by atoms with Crippen molar-refractivity contribution >= 4 is 17.3 Å². The number of nitrogens with one attached hydrogen (secondary N) is 1. The number of amides is 1. The topological polar surface area (TPSA) is 73.6 Å². The van der Waals surface area contributed by atoms with Crippen molar-refractivity contribution < 1.29 is 14.3 Å². The molecule has 1 amide bonds. The van der Waals surface area contributed by atoms with E-state index in [0.717, 1.165) is 0 Å². The molecule has 5 nitrogen and oxygen atoms in total. The second-order valence-corrected chi connectivity index (χ2v) is 4.09. The van der Waals surface area contributed by atoms with Crippen LogP contribution in [-0.4, -0.2) is 26.2 Å². The Morgan fingerprint density at radius 1 is 1.44 bits per heavy atom. The zero-order chi connectivity index (χ0) is 13.5. The third-order valence-corrected chi connectivity index (χ3v) is 2.71. The third-order valence-electron chi connectivity index (χ3n) is 2.71. The Bertz CT molecular complexity index is 407. The molecule has 0 saturated heterocycles. The average molecular weight is 252 g/mol. The Hall–Kier alpha value is -1.75. The number of nitrogen functional groups attached to an aromatic ring is 1. The van der Waals surface area contributed by atoms with Gasteiger partial charge >= 0.3 is 0 Å². The van der Waals surface area contributed by atoms with Crippen LogP contribution in [0.15, 0.2) is 18.2 Å². The SMILES string of the molecule is COc1ccc(N)c(NC(=O)CCC(C)OC)c1. The highest BCUT2D eigenvalue weighted by Gasteiger charge is 2.08. The molecule has 1 unspecified atom stereocenters. The summed E-state index contributed by atoms with van der Waals surface area (Å²) >= 11 is 0. The van der Waals surface area contributed by atoms with Crippen molar-refractivity contribution in [2.45, 2.75) is 25.9 Å². The molecule has 0 saturated carbocycles. The number of ether oxygens (including phenoxy) is 2. The minimum Gasteiger partial charge on any atom is -0.497 e. The van der Waals surface area contributed by atoms with E-state index in [4.69, 9.17) is 15.2 Å². The zero-order valence-corrected chi connectivity index (χ0v) is 11.0. The van der Waals surface area contributed by atoms with Gasteiger partial charge < -0.3 is 20.5 Å². The first-order valence-corrected chi connectivity index (χ1v) is 5.83. The van der Waals surface area contributed by atoms with Gasteiger partial charge in [-0.3, -0.25) is 4.79 Å². The third kappa shape index (κ3) is 4.25. The van der Waals surface area contributed by atoms with Gasteiger partial charge in [0.25, 0.3) is 0 Å². The summed E-state index contributed by atoms with van der Waals surface area (Å²) < 4.78 is 10.2. The molecule has 0 aliphatic heterocycles. The molecule has 0 bridgehead atoms. The lowest BCUT2D eigenvalue weighted by molar-refractivity contribution is -0.116. The number of hydrogen-bond donors (Lipinski definition) is 2. The van der Waals surface area contributed by atoms with E-state index in [1.807, 2.05) is 6.92 Å². The molecule has 1 rings (SSSR count). The second-order valence-electron chi connectivity index (χ2n) is 4.09. The fraction of sp³-hybridized carbons (Fsp3) is 0.462. The number of carbonyl (C=O) groups is 1. The Morgan fingerprint density at radius 3 is 2.78 bits per heavy atom. The highest BCUT2D eigenvalue weighted by atomic mass is 16.5. The van der Waals surface area contributed by atoms with Gasteiger partial charge in [0.05, 0.1) is 24.6 Å². The van der Waals surface area contributed by atoms with E-state index in [9.17, 15) is 4.79 Å². The molecule has 0 aliphatic carbocycles. The molecule has 0 spiro atoms. The first kappa shape index (κ1) is 14.3. The van der Waals surface area contributed by atoms with Crippen molar-refractivity contribution in [2.75, 3.05) is 25.3 Å². The molecule has 5 heteroatoms. The van der Waals surface area contributed by atoms with Crippen LogP contribution < -0.4 is 15.8 Å². The van der Waals surface area contributed by atoms with Gasteiger partial charge in [0.1, 0.15) is 5.75 Å². The van der Waals surface area contributed by atoms with Gasteiger partial charge in [0.15, 0.2) is 0 Å². The standard InChI is InChI=1S/C13H20N2O3/c1-9(17-2)4-7-13(16)15-12-8-10(18-3)5-6-11(12)14/h5-6,8-9H,4,7,14H2,1-3H3,(H,15,16). The van der Waals surface area contributed by atoms with Crippen LogP contribution in [0.25, 0.3) is 0 Å². The number of methoxy groups -OCH3 is 2. The summed E-state index contributed by atoms with van der Waals surface area (Å²) in [5.41, 5.74) is 6.87. The number of rotatable bonds is 6. The molecule has 0 heterocycles. The lowest BCUT2D eigenvalue weighted by atomic mass is 10.2. The highest BCUT2D eigenvalue weighted by molar-refractivity contribution is 5.94. The van der Waals surface area contributed by atoms with Gasteiger partial charge in [0, 0.05) is 19.6 Å². The number of hydrogen-bond acceptors (Lipinski definition) is 4. The second kappa shape index (κ2) is 6.86. The summed E-state index contributed by atoms with van der Waals surface area (Å²) in [5.74, 6) is 0.573. The molecule has 1 atom stereocenters. The van der Waals surface area contributed by atoms with Crippen molar-refractivity contribution in [3.05, 3.63) is 18.2 Å². The average Bonchev–Trinajstić information content (AvgIpc) is 2.38. The Morgan fingerprint density at radius 2 is 2.17 bits per heavy atom. The predicted molar refractivity (Wildman–Crippen MR) is 71.7 cm³/mol. The van der Waals surface area contributed by atoms with Crippen LogP contribution in [0, 0.1) is 0 Å². The van der Waals surface area contributed by atoms with Gasteiger partial charge in [-0.25, -0.2) is 0 Å². The van der Waals surface area contributed by atoms with Gasteiger partial charge in [-0.2, -0.15) is 0 Å². The fourth-order valence-electron chi connectivity index (χ4n) is 1.44. The first-order chi connectivity index (χ1) is 8.56. The smallest absolute Gasteiger partial charge is 0.224 e. The number of anilines is 2. The molecule has 100 valence electrons. The Kier molecular flexibility index (Phi) is 5.45. The van der Waals surface area contributed by atoms with Crippen molar-refractivity contribution in [1.82, 2.24) is 0 Å². The van der Waals surface area contributed by atoms with Crippen LogP contribution in [0.2, 0.25) is 0 Å². The van der Waals surface area contributed by atoms with E-state index in [2.05, 4.69) is 5.32 Å². The van der Waals surface area contributed by atoms with Crippen LogP contribution >= 0.6 is 0 Å². The van der Waals surface area contributed by atoms with Crippen LogP contribution in [0.1, 0.15) is 19.8 Å². The van der Waals surface area contributed by atoms with Crippen LogP contribution in [-0.2, 0) is 9.53 Å². The molecule has 0 aromatic heterocycles. The zero-order valence-electron chi connectivity index (χ0n) is 11.0. The fourth-order valence-corrected chi connectivity index (χ4v) is 1.44. The monoisotopic (exact) mass is 252 g/mol. The van der Waals surface area contributed by atoms with Gasteiger partial charge in [-0.1, -0.05) is 0 Å². The van der Waals surface area contributed by atoms with E-state index in [0.29, 0.717) is 30.0 Å². The quantitative estimate of drug-likeness (QED) is 0.760. The molecular formula is C13H20N2O3. The molecule has 3 N–H and O–H groups in total. The molecule has 0 aliphatic rings. The van der Waals surface area contributed by atoms with E-state index in [-0.39, 0.29) is 12.0 Å². The molecular weight excluding hydrogens is 232 g/mol. The maximum absolute atomic E-state index is 11.7. The van der Waals surface area contributed by atoms with Crippen LogP contribution in [0.4, 0.5) is 11.4 Å². The molecule has 0 radical (unpaired) electrons. The summed E-state index contributed by atoms with van der Waals surface area (Å²) in [6.07, 6.45) is 1.14. The van der Waals surface area contributed by atoms with E-state index >= 15 is 0 Å². The Labute approximate surface area is 107 Å². The van der Waals surface area contributed by atoms with E-state index < -0.39 is 0 Å². The Balaban J connectivity index is 2.58. The van der Waals surface area contributed by atoms with Crippen molar-refractivity contribution in [3.63, 3.8) is 0 Å². The lowest BCUT2D eigenvalue weighted by Gasteiger charge is -2.11. The largest absolute Gasteiger partial charge is 0.497 e. The minimum atomic E-state index is -0.0844. The van der Waals surface area contributed by atoms with Gasteiger partial charge in [-0.15, -0.1) is 0 Å². The maximum atomic E-state index is 11.7. The first-order valence-electron chi connectivity index (χ1n) is 5.83. The van der Waals surface area contributed by atoms with Crippen molar-refractivity contribution in [3.8, 4) is 5.75 Å². The maximum Gasteiger partial charge on any atom is 0.224 e. The summed E-state index contributed by atoms with van der Waals surface area (Å²) in [6, 6.07) is 5.15. The van der Waals surface area contributed by atoms with Crippen molar-refractivity contribution in [1.29, 1.82) is 0 Å². The molecule has 1 aromatic rings. The van der Waals surface area contributed by atoms with E-state index in [1.54, 1.807) is 32.4 Å². The van der Waals surface area contributed by atoms with Crippen molar-refractivity contribution in [2.24, 2.45) is 0 Å². The molecule has 0 fully saturated rings. The van der Waals surface area contributed by atoms with Gasteiger partial charge in [-0.05, 0) is 25.5 Å². The number of carbonyl (C=O) groups excluding carboxylic acids is 1. The van der Waals surface area contributed by atoms with Crippen LogP contribution in [0.5, 0.6) is 5.75 Å². The summed E-state index contributed by atoms with van der Waals surface area (Å²) in [7, 11) is 3.19. The molecule has 1 aromatic carbocycles. The molecule has 18 heavy (non-hydrogen) atoms. The highest BCUT2D eigenvalue weighted by Crippen LogP contribution is 2.24.